The summed E-state index contributed by atoms with van der Waals surface area (Å²) in [6.07, 6.45) is 2.29. The number of carboxylic acids is 1. The topological polar surface area (TPSA) is 72.8 Å². The van der Waals surface area contributed by atoms with E-state index in [1.54, 1.807) is 0 Å². The minimum atomic E-state index is -0.849. The average molecular weight is 244 g/mol. The van der Waals surface area contributed by atoms with Crippen molar-refractivity contribution < 1.29 is 15.0 Å². The van der Waals surface area contributed by atoms with Gasteiger partial charge >= 0.3 is 5.97 Å². The zero-order valence-corrected chi connectivity index (χ0v) is 10.6. The molecular weight excluding hydrogens is 220 g/mol. The minimum absolute atomic E-state index is 0.0367. The van der Waals surface area contributed by atoms with E-state index in [9.17, 15) is 9.90 Å². The molecule has 0 radical (unpaired) electrons. The van der Waals surface area contributed by atoms with Crippen molar-refractivity contribution in [1.29, 1.82) is 0 Å². The van der Waals surface area contributed by atoms with Gasteiger partial charge in [0.05, 0.1) is 6.10 Å². The van der Waals surface area contributed by atoms with E-state index < -0.39 is 12.1 Å². The first-order valence-electron chi connectivity index (χ1n) is 6.37. The zero-order chi connectivity index (χ0) is 12.7. The number of aliphatic hydroxyl groups excluding tert-OH is 1. The second-order valence-electron chi connectivity index (χ2n) is 5.01. The molecule has 0 aromatic carbocycles. The molecule has 2 atom stereocenters. The minimum Gasteiger partial charge on any atom is -0.481 e. The second-order valence-corrected chi connectivity index (χ2v) is 5.01. The van der Waals surface area contributed by atoms with Gasteiger partial charge in [-0.05, 0) is 45.3 Å². The van der Waals surface area contributed by atoms with Gasteiger partial charge in [-0.25, -0.2) is 0 Å². The van der Waals surface area contributed by atoms with Crippen molar-refractivity contribution in [3.05, 3.63) is 0 Å². The van der Waals surface area contributed by atoms with Crippen LogP contribution in [0.25, 0.3) is 0 Å². The van der Waals surface area contributed by atoms with Gasteiger partial charge in [0.1, 0.15) is 0 Å². The lowest BCUT2D eigenvalue weighted by molar-refractivity contribution is -0.137. The fourth-order valence-corrected chi connectivity index (χ4v) is 2.29. The third-order valence-electron chi connectivity index (χ3n) is 3.23. The molecule has 1 aliphatic rings. The van der Waals surface area contributed by atoms with Crippen molar-refractivity contribution in [3.8, 4) is 0 Å². The van der Waals surface area contributed by atoms with Crippen molar-refractivity contribution in [2.45, 2.75) is 31.8 Å². The molecule has 3 N–H and O–H groups in total. The molecule has 0 aromatic heterocycles. The molecule has 0 bridgehead atoms. The number of carbonyl (C=O) groups is 1. The Morgan fingerprint density at radius 1 is 1.59 bits per heavy atom. The van der Waals surface area contributed by atoms with Crippen molar-refractivity contribution in [2.75, 3.05) is 33.2 Å². The monoisotopic (exact) mass is 244 g/mol. The molecule has 5 nitrogen and oxygen atoms in total. The van der Waals surface area contributed by atoms with E-state index in [2.05, 4.69) is 17.3 Å². The van der Waals surface area contributed by atoms with Gasteiger partial charge in [-0.15, -0.1) is 0 Å². The summed E-state index contributed by atoms with van der Waals surface area (Å²) in [5, 5.41) is 21.3. The number of rotatable bonds is 7. The van der Waals surface area contributed by atoms with E-state index >= 15 is 0 Å². The third-order valence-corrected chi connectivity index (χ3v) is 3.23. The summed E-state index contributed by atoms with van der Waals surface area (Å²) in [6.45, 7) is 3.69. The van der Waals surface area contributed by atoms with Crippen LogP contribution >= 0.6 is 0 Å². The number of carboxylic acid groups (broad SMARTS) is 1. The van der Waals surface area contributed by atoms with Crippen molar-refractivity contribution >= 4 is 5.97 Å². The van der Waals surface area contributed by atoms with E-state index in [1.165, 1.54) is 19.4 Å². The number of piperidine rings is 1. The van der Waals surface area contributed by atoms with Gasteiger partial charge < -0.3 is 20.4 Å². The second kappa shape index (κ2) is 7.63. The summed E-state index contributed by atoms with van der Waals surface area (Å²) in [5.74, 6) is -0.196. The van der Waals surface area contributed by atoms with E-state index in [0.717, 1.165) is 13.1 Å². The number of hydrogen-bond donors (Lipinski definition) is 3. The van der Waals surface area contributed by atoms with E-state index in [0.29, 0.717) is 18.9 Å². The predicted molar refractivity (Wildman–Crippen MR) is 66.0 cm³/mol. The van der Waals surface area contributed by atoms with Crippen LogP contribution < -0.4 is 5.32 Å². The van der Waals surface area contributed by atoms with Crippen molar-refractivity contribution in [1.82, 2.24) is 10.2 Å². The summed E-state index contributed by atoms with van der Waals surface area (Å²) in [5.41, 5.74) is 0. The Hall–Kier alpha value is -0.650. The number of nitrogens with one attached hydrogen (secondary N) is 1. The van der Waals surface area contributed by atoms with Gasteiger partial charge in [-0.1, -0.05) is 0 Å². The first-order valence-corrected chi connectivity index (χ1v) is 6.37. The summed E-state index contributed by atoms with van der Waals surface area (Å²) in [4.78, 5) is 12.7. The molecule has 0 saturated carbocycles. The Balaban J connectivity index is 2.04. The molecule has 0 aromatic rings. The third kappa shape index (κ3) is 6.61. The Kier molecular flexibility index (Phi) is 6.47. The van der Waals surface area contributed by atoms with Crippen LogP contribution in [0.4, 0.5) is 0 Å². The molecule has 17 heavy (non-hydrogen) atoms. The van der Waals surface area contributed by atoms with Crippen LogP contribution in [0.15, 0.2) is 0 Å². The molecular formula is C12H24N2O3. The molecule has 100 valence electrons. The first-order chi connectivity index (χ1) is 8.08. The van der Waals surface area contributed by atoms with Gasteiger partial charge in [0.2, 0.25) is 0 Å². The number of likely N-dealkylation sites (tertiary alicyclic amines) is 1. The lowest BCUT2D eigenvalue weighted by Gasteiger charge is -2.30. The average Bonchev–Trinajstić information content (AvgIpc) is 2.26. The number of aliphatic carboxylic acids is 1. The Labute approximate surface area is 103 Å². The molecule has 0 amide bonds. The lowest BCUT2D eigenvalue weighted by atomic mass is 9.98. The molecule has 1 aliphatic heterocycles. The fraction of sp³-hybridized carbons (Fsp3) is 0.917. The van der Waals surface area contributed by atoms with E-state index in [4.69, 9.17) is 5.11 Å². The fourth-order valence-electron chi connectivity index (χ4n) is 2.29. The Bertz CT molecular complexity index is 236. The van der Waals surface area contributed by atoms with Crippen molar-refractivity contribution in [3.63, 3.8) is 0 Å². The molecule has 1 heterocycles. The van der Waals surface area contributed by atoms with Crippen LogP contribution in [0.3, 0.4) is 0 Å². The number of nitrogens with zero attached hydrogens (tertiary/aromatic N) is 1. The normalized spacial score (nSPS) is 23.5. The largest absolute Gasteiger partial charge is 0.481 e. The summed E-state index contributed by atoms with van der Waals surface area (Å²) in [7, 11) is 2.13. The molecule has 1 saturated heterocycles. The highest BCUT2D eigenvalue weighted by molar-refractivity contribution is 5.66. The maximum Gasteiger partial charge on any atom is 0.303 e. The van der Waals surface area contributed by atoms with Crippen molar-refractivity contribution in [2.24, 2.45) is 5.92 Å². The van der Waals surface area contributed by atoms with Gasteiger partial charge in [0, 0.05) is 19.5 Å². The van der Waals surface area contributed by atoms with Gasteiger partial charge in [0.15, 0.2) is 0 Å². The lowest BCUT2D eigenvalue weighted by Crippen LogP contribution is -2.39. The van der Waals surface area contributed by atoms with Gasteiger partial charge in [-0.2, -0.15) is 0 Å². The highest BCUT2D eigenvalue weighted by atomic mass is 16.4. The maximum atomic E-state index is 10.3. The SMILES string of the molecule is CN1CCCC(CNCC(O)CCC(=O)O)C1. The van der Waals surface area contributed by atoms with Crippen LogP contribution in [0.5, 0.6) is 0 Å². The highest BCUT2D eigenvalue weighted by Gasteiger charge is 2.17. The van der Waals surface area contributed by atoms with Crippen LogP contribution in [0, 0.1) is 5.92 Å². The zero-order valence-electron chi connectivity index (χ0n) is 10.6. The molecule has 0 spiro atoms. The Morgan fingerprint density at radius 3 is 3.00 bits per heavy atom. The first kappa shape index (κ1) is 14.4. The number of aliphatic hydroxyl groups is 1. The smallest absolute Gasteiger partial charge is 0.303 e. The maximum absolute atomic E-state index is 10.3. The molecule has 0 aliphatic carbocycles. The van der Waals surface area contributed by atoms with Crippen LogP contribution in [0.2, 0.25) is 0 Å². The summed E-state index contributed by atoms with van der Waals surface area (Å²) in [6, 6.07) is 0. The van der Waals surface area contributed by atoms with Gasteiger partial charge in [0.25, 0.3) is 0 Å². The highest BCUT2D eigenvalue weighted by Crippen LogP contribution is 2.13. The van der Waals surface area contributed by atoms with Crippen LogP contribution in [-0.2, 0) is 4.79 Å². The van der Waals surface area contributed by atoms with E-state index in [1.807, 2.05) is 0 Å². The van der Waals surface area contributed by atoms with E-state index in [-0.39, 0.29) is 6.42 Å². The Morgan fingerprint density at radius 2 is 2.35 bits per heavy atom. The molecule has 1 rings (SSSR count). The standard InChI is InChI=1S/C12H24N2O3/c1-14-6-2-3-10(9-14)7-13-8-11(15)4-5-12(16)17/h10-11,13,15H,2-9H2,1H3,(H,16,17). The van der Waals surface area contributed by atoms with Crippen LogP contribution in [-0.4, -0.2) is 60.4 Å². The molecule has 2 unspecified atom stereocenters. The molecule has 1 fully saturated rings. The summed E-state index contributed by atoms with van der Waals surface area (Å²) < 4.78 is 0. The molecule has 5 heteroatoms. The predicted octanol–water partition coefficient (Wildman–Crippen LogP) is 0.143. The number of hydrogen-bond acceptors (Lipinski definition) is 4. The van der Waals surface area contributed by atoms with Gasteiger partial charge in [-0.3, -0.25) is 4.79 Å². The quantitative estimate of drug-likeness (QED) is 0.594. The van der Waals surface area contributed by atoms with Crippen LogP contribution in [0.1, 0.15) is 25.7 Å². The summed E-state index contributed by atoms with van der Waals surface area (Å²) >= 11 is 0.